The van der Waals surface area contributed by atoms with Crippen molar-refractivity contribution in [3.63, 3.8) is 0 Å². The van der Waals surface area contributed by atoms with Crippen LogP contribution in [0, 0.1) is 11.3 Å². The second kappa shape index (κ2) is 7.04. The number of rotatable bonds is 4. The van der Waals surface area contributed by atoms with E-state index in [2.05, 4.69) is 10.6 Å². The van der Waals surface area contributed by atoms with Crippen LogP contribution >= 0.6 is 0 Å². The number of nitriles is 1. The number of benzene rings is 1. The van der Waals surface area contributed by atoms with E-state index in [1.807, 2.05) is 6.07 Å². The summed E-state index contributed by atoms with van der Waals surface area (Å²) in [5, 5.41) is 13.5. The number of hydrogen-bond donors (Lipinski definition) is 2. The van der Waals surface area contributed by atoms with E-state index in [0.29, 0.717) is 17.9 Å². The molecule has 0 unspecified atom stereocenters. The molecular formula is C12H13N3O3. The Hall–Kier alpha value is -2.39. The van der Waals surface area contributed by atoms with Gasteiger partial charge in [0.15, 0.2) is 0 Å². The Bertz CT molecular complexity index is 480. The second-order valence-corrected chi connectivity index (χ2v) is 3.40. The van der Waals surface area contributed by atoms with Crippen LogP contribution in [0.5, 0.6) is 0 Å². The molecule has 0 saturated heterocycles. The van der Waals surface area contributed by atoms with Crippen molar-refractivity contribution in [1.82, 2.24) is 5.32 Å². The first-order valence-electron chi connectivity index (χ1n) is 5.25. The van der Waals surface area contributed by atoms with Gasteiger partial charge in [0.05, 0.1) is 18.2 Å². The van der Waals surface area contributed by atoms with Crippen molar-refractivity contribution in [3.8, 4) is 6.07 Å². The van der Waals surface area contributed by atoms with Gasteiger partial charge in [-0.05, 0) is 18.2 Å². The zero-order valence-corrected chi connectivity index (χ0v) is 9.90. The molecule has 0 atom stereocenters. The summed E-state index contributed by atoms with van der Waals surface area (Å²) < 4.78 is 4.74. The van der Waals surface area contributed by atoms with Crippen LogP contribution in [0.2, 0.25) is 0 Å². The minimum Gasteiger partial charge on any atom is -0.383 e. The maximum atomic E-state index is 11.5. The highest BCUT2D eigenvalue weighted by atomic mass is 16.5. The number of methoxy groups -OCH3 is 1. The molecule has 1 aromatic carbocycles. The standard InChI is InChI=1S/C12H13N3O3/c1-18-6-5-14-11(16)12(17)15-10-4-2-3-9(7-10)8-13/h2-4,7H,5-6H2,1H3,(H,14,16)(H,15,17). The lowest BCUT2D eigenvalue weighted by molar-refractivity contribution is -0.136. The molecule has 0 spiro atoms. The normalized spacial score (nSPS) is 9.33. The predicted molar refractivity (Wildman–Crippen MR) is 64.7 cm³/mol. The van der Waals surface area contributed by atoms with Gasteiger partial charge in [-0.25, -0.2) is 0 Å². The Morgan fingerprint density at radius 1 is 1.39 bits per heavy atom. The number of carbonyl (C=O) groups excluding carboxylic acids is 2. The molecule has 0 aliphatic carbocycles. The van der Waals surface area contributed by atoms with Gasteiger partial charge in [0.1, 0.15) is 0 Å². The summed E-state index contributed by atoms with van der Waals surface area (Å²) in [5.41, 5.74) is 0.813. The molecule has 2 N–H and O–H groups in total. The molecule has 0 saturated carbocycles. The number of ether oxygens (including phenoxy) is 1. The van der Waals surface area contributed by atoms with Gasteiger partial charge in [-0.3, -0.25) is 9.59 Å². The van der Waals surface area contributed by atoms with E-state index in [0.717, 1.165) is 0 Å². The highest BCUT2D eigenvalue weighted by Gasteiger charge is 2.12. The van der Waals surface area contributed by atoms with E-state index in [1.54, 1.807) is 18.2 Å². The van der Waals surface area contributed by atoms with Gasteiger partial charge in [-0.2, -0.15) is 5.26 Å². The third-order valence-electron chi connectivity index (χ3n) is 2.05. The molecule has 0 aliphatic rings. The van der Waals surface area contributed by atoms with E-state index >= 15 is 0 Å². The van der Waals surface area contributed by atoms with Gasteiger partial charge in [0.25, 0.3) is 0 Å². The van der Waals surface area contributed by atoms with Gasteiger partial charge >= 0.3 is 11.8 Å². The molecule has 0 heterocycles. The monoisotopic (exact) mass is 247 g/mol. The topological polar surface area (TPSA) is 91.2 Å². The van der Waals surface area contributed by atoms with Crippen LogP contribution in [-0.4, -0.2) is 32.1 Å². The molecule has 2 amide bonds. The van der Waals surface area contributed by atoms with E-state index in [9.17, 15) is 9.59 Å². The van der Waals surface area contributed by atoms with Crippen LogP contribution < -0.4 is 10.6 Å². The summed E-state index contributed by atoms with van der Waals surface area (Å²) in [6.07, 6.45) is 0. The molecule has 0 aliphatic heterocycles. The Balaban J connectivity index is 2.53. The van der Waals surface area contributed by atoms with Crippen molar-refractivity contribution < 1.29 is 14.3 Å². The second-order valence-electron chi connectivity index (χ2n) is 3.40. The molecule has 18 heavy (non-hydrogen) atoms. The minimum absolute atomic E-state index is 0.265. The number of nitrogens with zero attached hydrogens (tertiary/aromatic N) is 1. The van der Waals surface area contributed by atoms with Crippen LogP contribution in [0.4, 0.5) is 5.69 Å². The number of hydrogen-bond acceptors (Lipinski definition) is 4. The quantitative estimate of drug-likeness (QED) is 0.589. The summed E-state index contributed by atoms with van der Waals surface area (Å²) in [6, 6.07) is 8.26. The molecule has 94 valence electrons. The smallest absolute Gasteiger partial charge is 0.313 e. The zero-order chi connectivity index (χ0) is 13.4. The SMILES string of the molecule is COCCNC(=O)C(=O)Nc1cccc(C#N)c1. The Kier molecular flexibility index (Phi) is 5.35. The molecule has 1 rings (SSSR count). The Morgan fingerprint density at radius 2 is 2.17 bits per heavy atom. The number of anilines is 1. The van der Waals surface area contributed by atoms with Crippen LogP contribution in [0.3, 0.4) is 0 Å². The summed E-state index contributed by atoms with van der Waals surface area (Å²) in [6.45, 7) is 0.601. The fraction of sp³-hybridized carbons (Fsp3) is 0.250. The third kappa shape index (κ3) is 4.23. The van der Waals surface area contributed by atoms with E-state index in [-0.39, 0.29) is 6.54 Å². The van der Waals surface area contributed by atoms with Gasteiger partial charge in [-0.1, -0.05) is 6.07 Å². The molecule has 6 heteroatoms. The minimum atomic E-state index is -0.777. The van der Waals surface area contributed by atoms with Gasteiger partial charge in [0.2, 0.25) is 0 Å². The summed E-state index contributed by atoms with van der Waals surface area (Å²) in [4.78, 5) is 22.8. The lowest BCUT2D eigenvalue weighted by atomic mass is 10.2. The van der Waals surface area contributed by atoms with Crippen LogP contribution in [-0.2, 0) is 14.3 Å². The highest BCUT2D eigenvalue weighted by molar-refractivity contribution is 6.39. The number of nitrogens with one attached hydrogen (secondary N) is 2. The zero-order valence-electron chi connectivity index (χ0n) is 9.90. The Labute approximate surface area is 105 Å². The van der Waals surface area contributed by atoms with E-state index in [1.165, 1.54) is 13.2 Å². The molecule has 1 aromatic rings. The average Bonchev–Trinajstić information content (AvgIpc) is 2.39. The van der Waals surface area contributed by atoms with Crippen LogP contribution in [0.1, 0.15) is 5.56 Å². The first-order chi connectivity index (χ1) is 8.67. The predicted octanol–water partition coefficient (Wildman–Crippen LogP) is 0.259. The third-order valence-corrected chi connectivity index (χ3v) is 2.05. The summed E-state index contributed by atoms with van der Waals surface area (Å²) in [5.74, 6) is -1.52. The molecule has 0 radical (unpaired) electrons. The van der Waals surface area contributed by atoms with E-state index in [4.69, 9.17) is 10.00 Å². The maximum absolute atomic E-state index is 11.5. The van der Waals surface area contributed by atoms with Crippen LogP contribution in [0.15, 0.2) is 24.3 Å². The molecule has 0 fully saturated rings. The van der Waals surface area contributed by atoms with Crippen molar-refractivity contribution in [1.29, 1.82) is 5.26 Å². The first kappa shape index (κ1) is 13.7. The molecule has 0 aromatic heterocycles. The summed E-state index contributed by atoms with van der Waals surface area (Å²) in [7, 11) is 1.50. The van der Waals surface area contributed by atoms with Crippen LogP contribution in [0.25, 0.3) is 0 Å². The first-order valence-corrected chi connectivity index (χ1v) is 5.25. The molecule has 0 bridgehead atoms. The van der Waals surface area contributed by atoms with E-state index < -0.39 is 11.8 Å². The fourth-order valence-corrected chi connectivity index (χ4v) is 1.20. The van der Waals surface area contributed by atoms with Crippen molar-refractivity contribution in [2.75, 3.05) is 25.6 Å². The maximum Gasteiger partial charge on any atom is 0.313 e. The van der Waals surface area contributed by atoms with Gasteiger partial charge in [-0.15, -0.1) is 0 Å². The molecular weight excluding hydrogens is 234 g/mol. The van der Waals surface area contributed by atoms with Gasteiger partial charge in [0, 0.05) is 19.3 Å². The lowest BCUT2D eigenvalue weighted by Crippen LogP contribution is -2.37. The van der Waals surface area contributed by atoms with Crippen molar-refractivity contribution in [2.45, 2.75) is 0 Å². The van der Waals surface area contributed by atoms with Gasteiger partial charge < -0.3 is 15.4 Å². The molecule has 6 nitrogen and oxygen atoms in total. The summed E-state index contributed by atoms with van der Waals surface area (Å²) >= 11 is 0. The van der Waals surface area contributed by atoms with Crippen molar-refractivity contribution in [2.24, 2.45) is 0 Å². The lowest BCUT2D eigenvalue weighted by Gasteiger charge is -2.06. The fourth-order valence-electron chi connectivity index (χ4n) is 1.20. The average molecular weight is 247 g/mol. The number of carbonyl (C=O) groups is 2. The Morgan fingerprint density at radius 3 is 2.83 bits per heavy atom. The largest absolute Gasteiger partial charge is 0.383 e. The van der Waals surface area contributed by atoms with Crippen molar-refractivity contribution >= 4 is 17.5 Å². The highest BCUT2D eigenvalue weighted by Crippen LogP contribution is 2.09. The van der Waals surface area contributed by atoms with Crippen molar-refractivity contribution in [3.05, 3.63) is 29.8 Å². The number of amides is 2.